The molecule has 12 heteroatoms. The molecule has 0 unspecified atom stereocenters. The summed E-state index contributed by atoms with van der Waals surface area (Å²) in [5.41, 5.74) is 0. The van der Waals surface area contributed by atoms with Crippen LogP contribution in [0.25, 0.3) is 0 Å². The molecule has 54 heavy (non-hydrogen) atoms. The van der Waals surface area contributed by atoms with Gasteiger partial charge in [-0.3, -0.25) is 9.59 Å². The van der Waals surface area contributed by atoms with E-state index >= 15 is 0 Å². The minimum absolute atomic E-state index is 0.155. The van der Waals surface area contributed by atoms with Gasteiger partial charge in [0.1, 0.15) is 24.7 Å². The predicted molar refractivity (Wildman–Crippen MR) is 273 cm³/mol. The first-order chi connectivity index (χ1) is 26.2. The number of rotatable bonds is 33. The Hall–Kier alpha value is 1.36. The van der Waals surface area contributed by atoms with Gasteiger partial charge >= 0.3 is 11.9 Å². The van der Waals surface area contributed by atoms with Gasteiger partial charge in [-0.2, -0.15) is 0 Å². The summed E-state index contributed by atoms with van der Waals surface area (Å²) >= 11 is 14.1. The number of unbranched alkanes of at least 4 members (excludes halogenated alkanes) is 20. The molecule has 0 aliphatic rings. The van der Waals surface area contributed by atoms with Crippen molar-refractivity contribution in [1.29, 1.82) is 0 Å². The van der Waals surface area contributed by atoms with Gasteiger partial charge in [0.25, 0.3) is 0 Å². The third kappa shape index (κ3) is 26.5. The zero-order chi connectivity index (χ0) is 39.2. The van der Waals surface area contributed by atoms with E-state index in [0.29, 0.717) is 12.8 Å². The highest BCUT2D eigenvalue weighted by Gasteiger charge is 2.10. The molecule has 0 aromatic heterocycles. The lowest BCUT2D eigenvalue weighted by Crippen LogP contribution is -2.13. The third-order valence-corrected chi connectivity index (χ3v) is 13.5. The fourth-order valence-electron chi connectivity index (χ4n) is 6.06. The van der Waals surface area contributed by atoms with E-state index in [2.05, 4.69) is 160 Å². The molecule has 2 aromatic rings. The van der Waals surface area contributed by atoms with Crippen LogP contribution in [0.1, 0.15) is 154 Å². The SMILES string of the molecule is O=C(CCCCCCCCCCCCCOc1c(I)cc(I)cc1I)OCCOC(=O)CCCCCCCCCCCCCOc1c(I)cc(I)cc1I. The average molecular weight is 1420 g/mol. The van der Waals surface area contributed by atoms with E-state index in [4.69, 9.17) is 18.9 Å². The van der Waals surface area contributed by atoms with Crippen LogP contribution in [0.4, 0.5) is 0 Å². The van der Waals surface area contributed by atoms with Crippen molar-refractivity contribution in [2.75, 3.05) is 26.4 Å². The first kappa shape index (κ1) is 51.5. The zero-order valence-electron chi connectivity index (χ0n) is 31.8. The molecule has 0 heterocycles. The van der Waals surface area contributed by atoms with E-state index in [0.717, 1.165) is 63.2 Å². The van der Waals surface area contributed by atoms with E-state index < -0.39 is 0 Å². The Balaban J connectivity index is 1.25. The van der Waals surface area contributed by atoms with Gasteiger partial charge in [0.05, 0.1) is 27.5 Å². The minimum atomic E-state index is -0.188. The number of esters is 2. The summed E-state index contributed by atoms with van der Waals surface area (Å²) in [4.78, 5) is 24.0. The highest BCUT2D eigenvalue weighted by Crippen LogP contribution is 2.31. The Kier molecular flexibility index (Phi) is 32.5. The van der Waals surface area contributed by atoms with Gasteiger partial charge in [0.2, 0.25) is 0 Å². The summed E-state index contributed by atoms with van der Waals surface area (Å²) in [5.74, 6) is 1.69. The molecule has 0 bridgehead atoms. The largest absolute Gasteiger partial charge is 0.491 e. The smallest absolute Gasteiger partial charge is 0.305 e. The number of ether oxygens (including phenoxy) is 4. The second kappa shape index (κ2) is 34.1. The number of carbonyl (C=O) groups excluding carboxylic acids is 2. The van der Waals surface area contributed by atoms with Crippen molar-refractivity contribution < 1.29 is 28.5 Å². The summed E-state index contributed by atoms with van der Waals surface area (Å²) < 4.78 is 29.9. The van der Waals surface area contributed by atoms with Crippen LogP contribution in [0.3, 0.4) is 0 Å². The summed E-state index contributed by atoms with van der Waals surface area (Å²) in [7, 11) is 0. The van der Waals surface area contributed by atoms with Crippen LogP contribution in [-0.4, -0.2) is 38.4 Å². The first-order valence-electron chi connectivity index (χ1n) is 20.0. The Labute approximate surface area is 408 Å². The minimum Gasteiger partial charge on any atom is -0.491 e. The van der Waals surface area contributed by atoms with E-state index in [9.17, 15) is 9.59 Å². The van der Waals surface area contributed by atoms with Crippen molar-refractivity contribution in [1.82, 2.24) is 0 Å². The molecule has 306 valence electrons. The van der Waals surface area contributed by atoms with E-state index in [1.165, 1.54) is 124 Å². The number of halogens is 6. The molecule has 0 radical (unpaired) electrons. The van der Waals surface area contributed by atoms with Crippen LogP contribution >= 0.6 is 136 Å². The average Bonchev–Trinajstić information content (AvgIpc) is 3.12. The number of hydrogen-bond donors (Lipinski definition) is 0. The van der Waals surface area contributed by atoms with Crippen LogP contribution in [0.15, 0.2) is 24.3 Å². The maximum absolute atomic E-state index is 12.0. The Morgan fingerprint density at radius 3 is 0.870 bits per heavy atom. The molecule has 0 saturated carbocycles. The van der Waals surface area contributed by atoms with Crippen molar-refractivity contribution in [3.05, 3.63) is 45.7 Å². The standard InChI is InChI=1S/C42H60I6O6/c43-33-29-35(45)41(36(46)30-33)53-25-21-17-13-9-5-1-3-7-11-15-19-23-39(49)51-27-28-52-40(50)24-20-16-12-8-4-2-6-10-14-18-22-26-54-42-37(47)31-34(44)32-38(42)48/h29-32H,1-28H2. The highest BCUT2D eigenvalue weighted by molar-refractivity contribution is 14.1. The van der Waals surface area contributed by atoms with E-state index in [-0.39, 0.29) is 25.2 Å². The molecule has 2 rings (SSSR count). The third-order valence-electron chi connectivity index (χ3n) is 9.08. The lowest BCUT2D eigenvalue weighted by atomic mass is 10.1. The summed E-state index contributed by atoms with van der Waals surface area (Å²) in [5, 5.41) is 0. The number of carbonyl (C=O) groups is 2. The second-order valence-corrected chi connectivity index (χ2v) is 21.0. The van der Waals surface area contributed by atoms with Crippen LogP contribution < -0.4 is 9.47 Å². The van der Waals surface area contributed by atoms with Crippen molar-refractivity contribution in [3.63, 3.8) is 0 Å². The Morgan fingerprint density at radius 2 is 0.593 bits per heavy atom. The maximum atomic E-state index is 12.0. The van der Waals surface area contributed by atoms with Gasteiger partial charge < -0.3 is 18.9 Å². The topological polar surface area (TPSA) is 71.1 Å². The van der Waals surface area contributed by atoms with Crippen molar-refractivity contribution in [3.8, 4) is 11.5 Å². The van der Waals surface area contributed by atoms with Gasteiger partial charge in [-0.15, -0.1) is 0 Å². The molecule has 0 spiro atoms. The van der Waals surface area contributed by atoms with Gasteiger partial charge in [-0.1, -0.05) is 116 Å². The normalized spacial score (nSPS) is 11.1. The van der Waals surface area contributed by atoms with Crippen LogP contribution in [0.5, 0.6) is 11.5 Å². The molecular formula is C42H60I6O6. The fourth-order valence-corrected chi connectivity index (χ4v) is 13.9. The van der Waals surface area contributed by atoms with Gasteiger partial charge in [0.15, 0.2) is 0 Å². The van der Waals surface area contributed by atoms with Crippen LogP contribution in [0, 0.1) is 21.4 Å². The molecule has 6 nitrogen and oxygen atoms in total. The summed E-state index contributed by atoms with van der Waals surface area (Å²) in [6.07, 6.45) is 27.1. The first-order valence-corrected chi connectivity index (χ1v) is 26.5. The molecule has 0 N–H and O–H groups in total. The van der Waals surface area contributed by atoms with Gasteiger partial charge in [-0.05, 0) is 185 Å². The van der Waals surface area contributed by atoms with Crippen molar-refractivity contribution in [2.24, 2.45) is 0 Å². The fraction of sp³-hybridized carbons (Fsp3) is 0.667. The van der Waals surface area contributed by atoms with E-state index in [1.54, 1.807) is 0 Å². The predicted octanol–water partition coefficient (Wildman–Crippen LogP) is 15.2. The van der Waals surface area contributed by atoms with Gasteiger partial charge in [0, 0.05) is 20.0 Å². The molecule has 0 aliphatic heterocycles. The Bertz CT molecular complexity index is 1180. The van der Waals surface area contributed by atoms with Crippen molar-refractivity contribution in [2.45, 2.75) is 154 Å². The van der Waals surface area contributed by atoms with Gasteiger partial charge in [-0.25, -0.2) is 0 Å². The molecule has 0 atom stereocenters. The van der Waals surface area contributed by atoms with E-state index in [1.807, 2.05) is 0 Å². The van der Waals surface area contributed by atoms with Crippen molar-refractivity contribution >= 4 is 147 Å². The molecule has 0 saturated heterocycles. The summed E-state index contributed by atoms with van der Waals surface area (Å²) in [6.45, 7) is 1.90. The Morgan fingerprint density at radius 1 is 0.352 bits per heavy atom. The number of hydrogen-bond acceptors (Lipinski definition) is 6. The molecule has 0 amide bonds. The molecular weight excluding hydrogens is 1360 g/mol. The maximum Gasteiger partial charge on any atom is 0.305 e. The number of benzene rings is 2. The zero-order valence-corrected chi connectivity index (χ0v) is 44.8. The molecule has 0 aliphatic carbocycles. The highest BCUT2D eigenvalue weighted by atomic mass is 127. The monoisotopic (exact) mass is 1420 g/mol. The lowest BCUT2D eigenvalue weighted by molar-refractivity contribution is -0.152. The lowest BCUT2D eigenvalue weighted by Gasteiger charge is -2.11. The van der Waals surface area contributed by atoms with Crippen LogP contribution in [-0.2, 0) is 19.1 Å². The van der Waals surface area contributed by atoms with Crippen LogP contribution in [0.2, 0.25) is 0 Å². The second-order valence-electron chi connectivity index (χ2n) is 13.8. The summed E-state index contributed by atoms with van der Waals surface area (Å²) in [6, 6.07) is 8.65. The molecule has 0 fully saturated rings. The quantitative estimate of drug-likeness (QED) is 0.0403. The molecule has 2 aromatic carbocycles.